The summed E-state index contributed by atoms with van der Waals surface area (Å²) in [5.74, 6) is 0.0427. The van der Waals surface area contributed by atoms with Crippen molar-refractivity contribution in [3.05, 3.63) is 35.9 Å². The molecule has 2 amide bonds. The Kier molecular flexibility index (Phi) is 3.38. The molecule has 22 heavy (non-hydrogen) atoms. The van der Waals surface area contributed by atoms with E-state index in [1.807, 2.05) is 51.1 Å². The minimum Gasteiger partial charge on any atom is -0.444 e. The third-order valence-corrected chi connectivity index (χ3v) is 4.22. The maximum atomic E-state index is 12.3. The van der Waals surface area contributed by atoms with Gasteiger partial charge in [0, 0.05) is 13.1 Å². The molecule has 1 atom stereocenters. The zero-order valence-electron chi connectivity index (χ0n) is 13.3. The molecule has 1 aromatic rings. The van der Waals surface area contributed by atoms with E-state index in [9.17, 15) is 9.59 Å². The van der Waals surface area contributed by atoms with E-state index in [4.69, 9.17) is 4.74 Å². The van der Waals surface area contributed by atoms with Gasteiger partial charge in [-0.25, -0.2) is 4.79 Å². The highest BCUT2D eigenvalue weighted by Gasteiger charge is 2.56. The van der Waals surface area contributed by atoms with Gasteiger partial charge in [-0.3, -0.25) is 4.79 Å². The molecule has 1 N–H and O–H groups in total. The van der Waals surface area contributed by atoms with Crippen molar-refractivity contribution in [1.82, 2.24) is 10.2 Å². The Bertz CT molecular complexity index is 586. The molecule has 2 aliphatic rings. The van der Waals surface area contributed by atoms with Crippen molar-refractivity contribution in [3.8, 4) is 0 Å². The number of ether oxygens (including phenoxy) is 1. The monoisotopic (exact) mass is 302 g/mol. The van der Waals surface area contributed by atoms with Crippen LogP contribution in [0.25, 0.3) is 0 Å². The summed E-state index contributed by atoms with van der Waals surface area (Å²) < 4.78 is 5.35. The predicted molar refractivity (Wildman–Crippen MR) is 82.2 cm³/mol. The summed E-state index contributed by atoms with van der Waals surface area (Å²) in [7, 11) is 0. The van der Waals surface area contributed by atoms with Crippen LogP contribution < -0.4 is 5.32 Å². The number of likely N-dealkylation sites (tertiary alicyclic amines) is 1. The summed E-state index contributed by atoms with van der Waals surface area (Å²) in [5.41, 5.74) is 0.158. The fourth-order valence-corrected chi connectivity index (χ4v) is 3.15. The van der Waals surface area contributed by atoms with E-state index < -0.39 is 11.0 Å². The number of rotatable bonds is 1. The maximum Gasteiger partial charge on any atom is 0.410 e. The topological polar surface area (TPSA) is 58.6 Å². The lowest BCUT2D eigenvalue weighted by molar-refractivity contribution is -0.135. The molecular formula is C17H22N2O3. The summed E-state index contributed by atoms with van der Waals surface area (Å²) in [5, 5.41) is 3.05. The Morgan fingerprint density at radius 1 is 1.27 bits per heavy atom. The van der Waals surface area contributed by atoms with Crippen molar-refractivity contribution in [1.29, 1.82) is 0 Å². The molecule has 118 valence electrons. The van der Waals surface area contributed by atoms with Crippen molar-refractivity contribution in [3.63, 3.8) is 0 Å². The third-order valence-electron chi connectivity index (χ3n) is 4.22. The molecule has 5 nitrogen and oxygen atoms in total. The summed E-state index contributed by atoms with van der Waals surface area (Å²) in [4.78, 5) is 25.9. The van der Waals surface area contributed by atoms with E-state index in [-0.39, 0.29) is 18.0 Å². The molecule has 2 heterocycles. The normalized spacial score (nSPS) is 23.1. The SMILES string of the molecule is CC(C)(C)OC(=O)N1CC2(CC(c3ccccc3)NC2=O)C1. The van der Waals surface area contributed by atoms with Crippen LogP contribution in [0.5, 0.6) is 0 Å². The predicted octanol–water partition coefficient (Wildman–Crippen LogP) is 2.48. The molecule has 0 aliphatic carbocycles. The van der Waals surface area contributed by atoms with Gasteiger partial charge in [0.25, 0.3) is 0 Å². The number of hydrogen-bond donors (Lipinski definition) is 1. The van der Waals surface area contributed by atoms with Crippen LogP contribution in [0.15, 0.2) is 30.3 Å². The fraction of sp³-hybridized carbons (Fsp3) is 0.529. The second-order valence-corrected chi connectivity index (χ2v) is 7.26. The first-order valence-corrected chi connectivity index (χ1v) is 7.63. The molecular weight excluding hydrogens is 280 g/mol. The molecule has 1 spiro atoms. The first-order valence-electron chi connectivity index (χ1n) is 7.63. The summed E-state index contributed by atoms with van der Waals surface area (Å²) in [6.07, 6.45) is 0.392. The van der Waals surface area contributed by atoms with Gasteiger partial charge in [0.15, 0.2) is 0 Å². The first-order chi connectivity index (χ1) is 10.3. The summed E-state index contributed by atoms with van der Waals surface area (Å²) in [6, 6.07) is 9.99. The highest BCUT2D eigenvalue weighted by atomic mass is 16.6. The Morgan fingerprint density at radius 2 is 1.91 bits per heavy atom. The van der Waals surface area contributed by atoms with Gasteiger partial charge in [0.05, 0.1) is 11.5 Å². The maximum absolute atomic E-state index is 12.3. The second kappa shape index (κ2) is 5.00. The lowest BCUT2D eigenvalue weighted by atomic mass is 9.76. The van der Waals surface area contributed by atoms with Gasteiger partial charge >= 0.3 is 6.09 Å². The number of nitrogens with zero attached hydrogens (tertiary/aromatic N) is 1. The van der Waals surface area contributed by atoms with Crippen LogP contribution in [-0.2, 0) is 9.53 Å². The number of benzene rings is 1. The van der Waals surface area contributed by atoms with Crippen LogP contribution in [0.2, 0.25) is 0 Å². The minimum absolute atomic E-state index is 0.0366. The molecule has 0 bridgehead atoms. The molecule has 0 aromatic heterocycles. The van der Waals surface area contributed by atoms with Crippen molar-refractivity contribution in [2.75, 3.05) is 13.1 Å². The number of nitrogens with one attached hydrogen (secondary N) is 1. The quantitative estimate of drug-likeness (QED) is 0.867. The average Bonchev–Trinajstić information content (AvgIpc) is 2.74. The zero-order valence-corrected chi connectivity index (χ0v) is 13.3. The zero-order chi connectivity index (χ0) is 16.0. The van der Waals surface area contributed by atoms with Gasteiger partial charge < -0.3 is 15.0 Å². The van der Waals surface area contributed by atoms with Crippen molar-refractivity contribution in [2.45, 2.75) is 38.8 Å². The van der Waals surface area contributed by atoms with E-state index in [1.165, 1.54) is 0 Å². The number of amides is 2. The van der Waals surface area contributed by atoms with Gasteiger partial charge in [-0.05, 0) is 32.8 Å². The number of hydrogen-bond acceptors (Lipinski definition) is 3. The van der Waals surface area contributed by atoms with Gasteiger partial charge in [0.2, 0.25) is 5.91 Å². The van der Waals surface area contributed by atoms with Crippen molar-refractivity contribution < 1.29 is 14.3 Å². The average molecular weight is 302 g/mol. The highest BCUT2D eigenvalue weighted by molar-refractivity contribution is 5.89. The largest absolute Gasteiger partial charge is 0.444 e. The Labute approximate surface area is 130 Å². The Hall–Kier alpha value is -2.04. The van der Waals surface area contributed by atoms with E-state index in [2.05, 4.69) is 5.32 Å². The standard InChI is InChI=1S/C17H22N2O3/c1-16(2,3)22-15(21)19-10-17(11-19)9-13(18-14(17)20)12-7-5-4-6-8-12/h4-8,13H,9-11H2,1-3H3,(H,18,20). The van der Waals surface area contributed by atoms with Gasteiger partial charge in [0.1, 0.15) is 5.60 Å². The molecule has 2 fully saturated rings. The fourth-order valence-electron chi connectivity index (χ4n) is 3.15. The van der Waals surface area contributed by atoms with Crippen LogP contribution in [0.1, 0.15) is 38.8 Å². The second-order valence-electron chi connectivity index (χ2n) is 7.26. The van der Waals surface area contributed by atoms with Gasteiger partial charge in [-0.2, -0.15) is 0 Å². The third kappa shape index (κ3) is 2.67. The minimum atomic E-state index is -0.510. The van der Waals surface area contributed by atoms with E-state index in [1.54, 1.807) is 4.90 Å². The molecule has 5 heteroatoms. The lowest BCUT2D eigenvalue weighted by Crippen LogP contribution is -2.62. The molecule has 0 saturated carbocycles. The van der Waals surface area contributed by atoms with Gasteiger partial charge in [-0.15, -0.1) is 0 Å². The van der Waals surface area contributed by atoms with Crippen LogP contribution in [0.4, 0.5) is 4.79 Å². The smallest absolute Gasteiger partial charge is 0.410 e. The van der Waals surface area contributed by atoms with Crippen molar-refractivity contribution >= 4 is 12.0 Å². The van der Waals surface area contributed by atoms with Crippen LogP contribution in [0.3, 0.4) is 0 Å². The molecule has 1 aromatic carbocycles. The van der Waals surface area contributed by atoms with Crippen LogP contribution >= 0.6 is 0 Å². The van der Waals surface area contributed by atoms with Gasteiger partial charge in [-0.1, -0.05) is 30.3 Å². The molecule has 2 aliphatic heterocycles. The Morgan fingerprint density at radius 3 is 2.50 bits per heavy atom. The summed E-state index contributed by atoms with van der Waals surface area (Å²) in [6.45, 7) is 6.41. The van der Waals surface area contributed by atoms with E-state index in [0.717, 1.165) is 12.0 Å². The first kappa shape index (κ1) is 14.9. The van der Waals surface area contributed by atoms with Crippen LogP contribution in [-0.4, -0.2) is 35.6 Å². The highest BCUT2D eigenvalue weighted by Crippen LogP contribution is 2.44. The van der Waals surface area contributed by atoms with E-state index in [0.29, 0.717) is 13.1 Å². The lowest BCUT2D eigenvalue weighted by Gasteiger charge is -2.45. The van der Waals surface area contributed by atoms with Crippen molar-refractivity contribution in [2.24, 2.45) is 5.41 Å². The van der Waals surface area contributed by atoms with Crippen LogP contribution in [0, 0.1) is 5.41 Å². The Balaban J connectivity index is 1.63. The number of carbonyl (C=O) groups is 2. The number of carbonyl (C=O) groups excluding carboxylic acids is 2. The summed E-state index contributed by atoms with van der Waals surface area (Å²) >= 11 is 0. The molecule has 2 saturated heterocycles. The molecule has 0 radical (unpaired) electrons. The van der Waals surface area contributed by atoms with E-state index >= 15 is 0 Å². The molecule has 1 unspecified atom stereocenters. The molecule has 3 rings (SSSR count).